The number of hydrogen-bond donors (Lipinski definition) is 1. The van der Waals surface area contributed by atoms with Gasteiger partial charge in [-0.3, -0.25) is 4.79 Å². The number of hydrogen-bond acceptors (Lipinski definition) is 5. The first kappa shape index (κ1) is 19.1. The van der Waals surface area contributed by atoms with Crippen molar-refractivity contribution in [3.05, 3.63) is 47.0 Å². The van der Waals surface area contributed by atoms with Gasteiger partial charge >= 0.3 is 10.1 Å². The number of aryl methyl sites for hydroxylation is 1. The zero-order valence-electron chi connectivity index (χ0n) is 14.0. The molecule has 2 aromatic carbocycles. The highest BCUT2D eigenvalue weighted by molar-refractivity contribution is 7.87. The Balaban J connectivity index is 2.36. The zero-order valence-corrected chi connectivity index (χ0v) is 15.6. The van der Waals surface area contributed by atoms with E-state index < -0.39 is 10.1 Å². The number of benzene rings is 2. The molecule has 0 saturated carbocycles. The largest absolute Gasteiger partial charge is 0.494 e. The lowest BCUT2D eigenvalue weighted by atomic mass is 10.2. The average molecular weight is 384 g/mol. The SMILES string of the molecule is CCOc1ccc(S(=O)(=O)Oc2ccc(Cl)cc2NC(C)=O)cc1C. The maximum Gasteiger partial charge on any atom is 0.339 e. The van der Waals surface area contributed by atoms with Crippen molar-refractivity contribution in [3.63, 3.8) is 0 Å². The molecule has 2 rings (SSSR count). The summed E-state index contributed by atoms with van der Waals surface area (Å²) in [7, 11) is -4.09. The van der Waals surface area contributed by atoms with Gasteiger partial charge in [-0.2, -0.15) is 8.42 Å². The number of carbonyl (C=O) groups excluding carboxylic acids is 1. The Morgan fingerprint density at radius 2 is 1.84 bits per heavy atom. The lowest BCUT2D eigenvalue weighted by Gasteiger charge is -2.13. The fourth-order valence-electron chi connectivity index (χ4n) is 2.12. The van der Waals surface area contributed by atoms with Crippen LogP contribution in [0.3, 0.4) is 0 Å². The normalized spacial score (nSPS) is 11.0. The standard InChI is InChI=1S/C17H18ClNO5S/c1-4-23-16-8-6-14(9-11(16)2)25(21,22)24-17-7-5-13(18)10-15(17)19-12(3)20/h5-10H,4H2,1-3H3,(H,19,20). The van der Waals surface area contributed by atoms with Gasteiger partial charge in [0.05, 0.1) is 12.3 Å². The van der Waals surface area contributed by atoms with Crippen LogP contribution < -0.4 is 14.2 Å². The van der Waals surface area contributed by atoms with Gasteiger partial charge in [0, 0.05) is 11.9 Å². The Labute approximate surface area is 151 Å². The van der Waals surface area contributed by atoms with Crippen LogP contribution in [0.2, 0.25) is 5.02 Å². The van der Waals surface area contributed by atoms with Gasteiger partial charge < -0.3 is 14.2 Å². The van der Waals surface area contributed by atoms with E-state index in [1.165, 1.54) is 37.3 Å². The van der Waals surface area contributed by atoms with Gasteiger partial charge in [0.1, 0.15) is 10.6 Å². The highest BCUT2D eigenvalue weighted by Gasteiger charge is 2.20. The van der Waals surface area contributed by atoms with Crippen molar-refractivity contribution in [2.75, 3.05) is 11.9 Å². The minimum Gasteiger partial charge on any atom is -0.494 e. The summed E-state index contributed by atoms with van der Waals surface area (Å²) < 4.78 is 35.7. The quantitative estimate of drug-likeness (QED) is 0.768. The Kier molecular flexibility index (Phi) is 5.92. The summed E-state index contributed by atoms with van der Waals surface area (Å²) in [6.07, 6.45) is 0. The van der Waals surface area contributed by atoms with Crippen molar-refractivity contribution >= 4 is 33.3 Å². The first-order valence-corrected chi connectivity index (χ1v) is 9.26. The molecule has 1 N–H and O–H groups in total. The second-order valence-electron chi connectivity index (χ2n) is 5.22. The van der Waals surface area contributed by atoms with Gasteiger partial charge in [-0.1, -0.05) is 11.6 Å². The van der Waals surface area contributed by atoms with Crippen molar-refractivity contribution in [1.82, 2.24) is 0 Å². The first-order valence-electron chi connectivity index (χ1n) is 7.48. The lowest BCUT2D eigenvalue weighted by Crippen LogP contribution is -2.13. The molecule has 0 atom stereocenters. The van der Waals surface area contributed by atoms with Crippen LogP contribution in [0, 0.1) is 6.92 Å². The molecule has 0 aliphatic heterocycles. The van der Waals surface area contributed by atoms with Gasteiger partial charge in [0.2, 0.25) is 5.91 Å². The predicted molar refractivity (Wildman–Crippen MR) is 95.9 cm³/mol. The molecule has 0 spiro atoms. The van der Waals surface area contributed by atoms with Gasteiger partial charge in [0.25, 0.3) is 0 Å². The van der Waals surface area contributed by atoms with Crippen LogP contribution in [0.1, 0.15) is 19.4 Å². The molecule has 8 heteroatoms. The van der Waals surface area contributed by atoms with E-state index in [1.807, 2.05) is 6.92 Å². The second kappa shape index (κ2) is 7.76. The third-order valence-corrected chi connectivity index (χ3v) is 4.65. The van der Waals surface area contributed by atoms with E-state index >= 15 is 0 Å². The van der Waals surface area contributed by atoms with Crippen molar-refractivity contribution in [3.8, 4) is 11.5 Å². The summed E-state index contributed by atoms with van der Waals surface area (Å²) in [5.41, 5.74) is 0.843. The fourth-order valence-corrected chi connectivity index (χ4v) is 3.33. The highest BCUT2D eigenvalue weighted by Crippen LogP contribution is 2.31. The smallest absolute Gasteiger partial charge is 0.339 e. The summed E-state index contributed by atoms with van der Waals surface area (Å²) >= 11 is 5.89. The molecule has 0 heterocycles. The van der Waals surface area contributed by atoms with Crippen LogP contribution in [-0.4, -0.2) is 20.9 Å². The van der Waals surface area contributed by atoms with Gasteiger partial charge in [0.15, 0.2) is 5.75 Å². The third kappa shape index (κ3) is 4.87. The number of nitrogens with one attached hydrogen (secondary N) is 1. The van der Waals surface area contributed by atoms with Gasteiger partial charge in [-0.05, 0) is 55.8 Å². The van der Waals surface area contributed by atoms with E-state index in [1.54, 1.807) is 13.0 Å². The van der Waals surface area contributed by atoms with E-state index in [9.17, 15) is 13.2 Å². The predicted octanol–water partition coefficient (Wildman–Crippen LogP) is 3.77. The molecule has 0 saturated heterocycles. The minimum absolute atomic E-state index is 0.0165. The molecule has 134 valence electrons. The van der Waals surface area contributed by atoms with Gasteiger partial charge in [-0.15, -0.1) is 0 Å². The maximum absolute atomic E-state index is 12.5. The van der Waals surface area contributed by atoms with E-state index in [-0.39, 0.29) is 22.2 Å². The maximum atomic E-state index is 12.5. The molecule has 0 aromatic heterocycles. The number of amides is 1. The molecule has 0 aliphatic carbocycles. The molecule has 0 bridgehead atoms. The Hall–Kier alpha value is -2.25. The molecule has 2 aromatic rings. The zero-order chi connectivity index (χ0) is 18.6. The van der Waals surface area contributed by atoms with Crippen LogP contribution in [0.5, 0.6) is 11.5 Å². The number of carbonyl (C=O) groups is 1. The summed E-state index contributed by atoms with van der Waals surface area (Å²) in [4.78, 5) is 11.3. The molecule has 0 fully saturated rings. The number of halogens is 1. The Morgan fingerprint density at radius 1 is 1.16 bits per heavy atom. The Morgan fingerprint density at radius 3 is 2.44 bits per heavy atom. The monoisotopic (exact) mass is 383 g/mol. The average Bonchev–Trinajstić information content (AvgIpc) is 2.51. The van der Waals surface area contributed by atoms with Crippen LogP contribution in [0.15, 0.2) is 41.3 Å². The molecule has 25 heavy (non-hydrogen) atoms. The van der Waals surface area contributed by atoms with E-state index in [4.69, 9.17) is 20.5 Å². The second-order valence-corrected chi connectivity index (χ2v) is 7.20. The molecular weight excluding hydrogens is 366 g/mol. The van der Waals surface area contributed by atoms with E-state index in [0.29, 0.717) is 22.9 Å². The fraction of sp³-hybridized carbons (Fsp3) is 0.235. The third-order valence-electron chi connectivity index (χ3n) is 3.19. The van der Waals surface area contributed by atoms with Crippen LogP contribution in [-0.2, 0) is 14.9 Å². The number of rotatable bonds is 6. The number of anilines is 1. The van der Waals surface area contributed by atoms with Crippen LogP contribution in [0.25, 0.3) is 0 Å². The number of ether oxygens (including phenoxy) is 1. The van der Waals surface area contributed by atoms with Crippen molar-refractivity contribution in [2.24, 2.45) is 0 Å². The molecule has 1 amide bonds. The minimum atomic E-state index is -4.09. The molecular formula is C17H18ClNO5S. The van der Waals surface area contributed by atoms with Crippen LogP contribution in [0.4, 0.5) is 5.69 Å². The topological polar surface area (TPSA) is 81.7 Å². The summed E-state index contributed by atoms with van der Waals surface area (Å²) in [5.74, 6) is 0.208. The van der Waals surface area contributed by atoms with E-state index in [2.05, 4.69) is 5.32 Å². The summed E-state index contributed by atoms with van der Waals surface area (Å²) in [6, 6.07) is 8.71. The lowest BCUT2D eigenvalue weighted by molar-refractivity contribution is -0.114. The van der Waals surface area contributed by atoms with Gasteiger partial charge in [-0.25, -0.2) is 0 Å². The molecule has 0 radical (unpaired) electrons. The molecule has 6 nitrogen and oxygen atoms in total. The van der Waals surface area contributed by atoms with Crippen molar-refractivity contribution in [2.45, 2.75) is 25.7 Å². The van der Waals surface area contributed by atoms with Crippen molar-refractivity contribution in [1.29, 1.82) is 0 Å². The van der Waals surface area contributed by atoms with Crippen LogP contribution >= 0.6 is 11.6 Å². The summed E-state index contributed by atoms with van der Waals surface area (Å²) in [5, 5.41) is 2.83. The Bertz CT molecular complexity index is 896. The van der Waals surface area contributed by atoms with E-state index in [0.717, 1.165) is 0 Å². The molecule has 0 aliphatic rings. The summed E-state index contributed by atoms with van der Waals surface area (Å²) in [6.45, 7) is 5.37. The van der Waals surface area contributed by atoms with Crippen molar-refractivity contribution < 1.29 is 22.1 Å². The first-order chi connectivity index (χ1) is 11.7. The molecule has 0 unspecified atom stereocenters. The highest BCUT2D eigenvalue weighted by atomic mass is 35.5.